The smallest absolute Gasteiger partial charge is 0.0474 e. The molecule has 0 aliphatic heterocycles. The van der Waals surface area contributed by atoms with Crippen LogP contribution in [0.2, 0.25) is 0 Å². The minimum Gasteiger partial charge on any atom is -0.396 e. The minimum atomic E-state index is 0.359. The molecule has 0 amide bonds. The summed E-state index contributed by atoms with van der Waals surface area (Å²) in [6, 6.07) is 1.16. The molecule has 1 aliphatic carbocycles. The molecule has 0 radical (unpaired) electrons. The maximum Gasteiger partial charge on any atom is 0.0474 e. The molecule has 1 fully saturated rings. The van der Waals surface area contributed by atoms with Gasteiger partial charge in [0.05, 0.1) is 0 Å². The third-order valence-electron chi connectivity index (χ3n) is 3.88. The Hall–Kier alpha value is -0.0800. The Balaban J connectivity index is 2.35. The molecule has 0 aromatic rings. The van der Waals surface area contributed by atoms with Crippen LogP contribution in [0.1, 0.15) is 65.2 Å². The molecule has 2 N–H and O–H groups in total. The minimum absolute atomic E-state index is 0.359. The largest absolute Gasteiger partial charge is 0.396 e. The van der Waals surface area contributed by atoms with Gasteiger partial charge in [-0.2, -0.15) is 0 Å². The first-order valence-electron chi connectivity index (χ1n) is 7.14. The second-order valence-corrected chi connectivity index (χ2v) is 5.40. The molecule has 0 aromatic carbocycles. The fraction of sp³-hybridized carbons (Fsp3) is 1.00. The lowest BCUT2D eigenvalue weighted by atomic mass is 9.94. The van der Waals surface area contributed by atoms with Gasteiger partial charge >= 0.3 is 0 Å². The summed E-state index contributed by atoms with van der Waals surface area (Å²) >= 11 is 0. The van der Waals surface area contributed by atoms with E-state index in [0.29, 0.717) is 24.6 Å². The molecule has 0 saturated heterocycles. The number of aliphatic hydroxyl groups is 1. The quantitative estimate of drug-likeness (QED) is 0.683. The van der Waals surface area contributed by atoms with Crippen molar-refractivity contribution in [2.75, 3.05) is 6.61 Å². The predicted molar refractivity (Wildman–Crippen MR) is 69.6 cm³/mol. The first-order valence-corrected chi connectivity index (χ1v) is 7.14. The van der Waals surface area contributed by atoms with Crippen LogP contribution in [-0.4, -0.2) is 23.8 Å². The highest BCUT2D eigenvalue weighted by atomic mass is 16.3. The summed E-state index contributed by atoms with van der Waals surface area (Å²) in [7, 11) is 0. The zero-order valence-corrected chi connectivity index (χ0v) is 11.0. The van der Waals surface area contributed by atoms with Crippen molar-refractivity contribution in [3.63, 3.8) is 0 Å². The van der Waals surface area contributed by atoms with Crippen LogP contribution in [0, 0.1) is 5.92 Å². The zero-order valence-electron chi connectivity index (χ0n) is 11.0. The van der Waals surface area contributed by atoms with Crippen molar-refractivity contribution in [1.29, 1.82) is 0 Å². The molecule has 0 aromatic heterocycles. The number of aliphatic hydroxyl groups excluding tert-OH is 1. The Kier molecular flexibility index (Phi) is 7.06. The van der Waals surface area contributed by atoms with Gasteiger partial charge in [0, 0.05) is 18.7 Å². The van der Waals surface area contributed by atoms with Crippen molar-refractivity contribution >= 4 is 0 Å². The summed E-state index contributed by atoms with van der Waals surface area (Å²) in [5, 5.41) is 13.2. The molecule has 3 atom stereocenters. The molecule has 3 unspecified atom stereocenters. The van der Waals surface area contributed by atoms with E-state index in [2.05, 4.69) is 19.2 Å². The number of rotatable bonds is 6. The highest BCUT2D eigenvalue weighted by Gasteiger charge is 2.23. The fourth-order valence-corrected chi connectivity index (χ4v) is 2.78. The molecule has 1 aliphatic rings. The summed E-state index contributed by atoms with van der Waals surface area (Å²) in [4.78, 5) is 0. The number of hydrogen-bond acceptors (Lipinski definition) is 2. The Morgan fingerprint density at radius 3 is 2.69 bits per heavy atom. The van der Waals surface area contributed by atoms with Crippen LogP contribution in [0.15, 0.2) is 0 Å². The van der Waals surface area contributed by atoms with Crippen LogP contribution < -0.4 is 5.32 Å². The second kappa shape index (κ2) is 8.08. The Morgan fingerprint density at radius 1 is 1.25 bits per heavy atom. The van der Waals surface area contributed by atoms with E-state index in [1.807, 2.05) is 0 Å². The monoisotopic (exact) mass is 227 g/mol. The van der Waals surface area contributed by atoms with Gasteiger partial charge in [0.2, 0.25) is 0 Å². The normalized spacial score (nSPS) is 28.7. The van der Waals surface area contributed by atoms with Gasteiger partial charge in [0.15, 0.2) is 0 Å². The second-order valence-electron chi connectivity index (χ2n) is 5.40. The molecule has 2 heteroatoms. The van der Waals surface area contributed by atoms with Crippen molar-refractivity contribution < 1.29 is 5.11 Å². The summed E-state index contributed by atoms with van der Waals surface area (Å²) in [5.41, 5.74) is 0. The van der Waals surface area contributed by atoms with Crippen LogP contribution in [-0.2, 0) is 0 Å². The van der Waals surface area contributed by atoms with Crippen molar-refractivity contribution in [3.8, 4) is 0 Å². The van der Waals surface area contributed by atoms with Gasteiger partial charge in [-0.05, 0) is 32.1 Å². The Bertz CT molecular complexity index is 172. The van der Waals surface area contributed by atoms with E-state index in [1.165, 1.54) is 51.4 Å². The van der Waals surface area contributed by atoms with Crippen molar-refractivity contribution in [2.45, 2.75) is 77.3 Å². The standard InChI is InChI=1S/C14H29NO/c1-3-4-8-12(2)15-14-10-7-5-6-9-13(14)11-16/h12-16H,3-11H2,1-2H3. The number of unbranched alkanes of at least 4 members (excludes halogenated alkanes) is 1. The highest BCUT2D eigenvalue weighted by molar-refractivity contribution is 4.81. The summed E-state index contributed by atoms with van der Waals surface area (Å²) in [6.45, 7) is 4.89. The molecule has 96 valence electrons. The van der Waals surface area contributed by atoms with E-state index in [4.69, 9.17) is 0 Å². The molecule has 0 heterocycles. The lowest BCUT2D eigenvalue weighted by molar-refractivity contribution is 0.174. The SMILES string of the molecule is CCCCC(C)NC1CCCCCC1CO. The zero-order chi connectivity index (χ0) is 11.8. The van der Waals surface area contributed by atoms with Crippen LogP contribution in [0.4, 0.5) is 0 Å². The van der Waals surface area contributed by atoms with E-state index in [9.17, 15) is 5.11 Å². The van der Waals surface area contributed by atoms with E-state index in [0.717, 1.165) is 0 Å². The van der Waals surface area contributed by atoms with Crippen LogP contribution in [0.3, 0.4) is 0 Å². The van der Waals surface area contributed by atoms with E-state index >= 15 is 0 Å². The molecular weight excluding hydrogens is 198 g/mol. The van der Waals surface area contributed by atoms with Crippen molar-refractivity contribution in [3.05, 3.63) is 0 Å². The first-order chi connectivity index (χ1) is 7.77. The maximum absolute atomic E-state index is 9.44. The number of hydrogen-bond donors (Lipinski definition) is 2. The Labute approximate surface area is 101 Å². The predicted octanol–water partition coefficient (Wildman–Crippen LogP) is 3.10. The highest BCUT2D eigenvalue weighted by Crippen LogP contribution is 2.23. The van der Waals surface area contributed by atoms with E-state index < -0.39 is 0 Å². The Morgan fingerprint density at radius 2 is 2.00 bits per heavy atom. The molecule has 1 rings (SSSR count). The lowest BCUT2D eigenvalue weighted by Gasteiger charge is -2.28. The van der Waals surface area contributed by atoms with Gasteiger partial charge in [-0.3, -0.25) is 0 Å². The molecular formula is C14H29NO. The lowest BCUT2D eigenvalue weighted by Crippen LogP contribution is -2.42. The topological polar surface area (TPSA) is 32.3 Å². The van der Waals surface area contributed by atoms with Crippen molar-refractivity contribution in [2.24, 2.45) is 5.92 Å². The van der Waals surface area contributed by atoms with Gasteiger partial charge in [-0.25, -0.2) is 0 Å². The van der Waals surface area contributed by atoms with Crippen LogP contribution in [0.5, 0.6) is 0 Å². The molecule has 0 bridgehead atoms. The first kappa shape index (κ1) is 14.0. The van der Waals surface area contributed by atoms with Crippen LogP contribution in [0.25, 0.3) is 0 Å². The summed E-state index contributed by atoms with van der Waals surface area (Å²) < 4.78 is 0. The fourth-order valence-electron chi connectivity index (χ4n) is 2.78. The number of nitrogens with one attached hydrogen (secondary N) is 1. The third kappa shape index (κ3) is 4.84. The van der Waals surface area contributed by atoms with Crippen LogP contribution >= 0.6 is 0 Å². The third-order valence-corrected chi connectivity index (χ3v) is 3.88. The van der Waals surface area contributed by atoms with Gasteiger partial charge in [-0.15, -0.1) is 0 Å². The van der Waals surface area contributed by atoms with Gasteiger partial charge in [-0.1, -0.05) is 39.0 Å². The van der Waals surface area contributed by atoms with Gasteiger partial charge in [0.25, 0.3) is 0 Å². The summed E-state index contributed by atoms with van der Waals surface area (Å²) in [6.07, 6.45) is 10.3. The van der Waals surface area contributed by atoms with Gasteiger partial charge < -0.3 is 10.4 Å². The molecule has 1 saturated carbocycles. The van der Waals surface area contributed by atoms with E-state index in [-0.39, 0.29) is 0 Å². The molecule has 0 spiro atoms. The molecule has 2 nitrogen and oxygen atoms in total. The average Bonchev–Trinajstić information content (AvgIpc) is 2.51. The van der Waals surface area contributed by atoms with E-state index in [1.54, 1.807) is 0 Å². The maximum atomic E-state index is 9.44. The van der Waals surface area contributed by atoms with Crippen molar-refractivity contribution in [1.82, 2.24) is 5.32 Å². The summed E-state index contributed by atoms with van der Waals surface area (Å²) in [5.74, 6) is 0.492. The van der Waals surface area contributed by atoms with Gasteiger partial charge in [0.1, 0.15) is 0 Å². The average molecular weight is 227 g/mol. The molecule has 16 heavy (non-hydrogen) atoms.